The number of hydrogen-bond acceptors (Lipinski definition) is 1. The molecule has 0 amide bonds. The van der Waals surface area contributed by atoms with Crippen molar-refractivity contribution in [2.24, 2.45) is 0 Å². The number of methoxy groups -OCH3 is 1. The van der Waals surface area contributed by atoms with Crippen LogP contribution in [0.25, 0.3) is 0 Å². The Morgan fingerprint density at radius 3 is 2.20 bits per heavy atom. The number of ether oxygens (including phenoxy) is 1. The van der Waals surface area contributed by atoms with Crippen molar-refractivity contribution in [1.82, 2.24) is 0 Å². The van der Waals surface area contributed by atoms with Crippen LogP contribution in [0.3, 0.4) is 0 Å². The van der Waals surface area contributed by atoms with Gasteiger partial charge in [0.2, 0.25) is 0 Å². The molecule has 0 aliphatic rings. The van der Waals surface area contributed by atoms with Gasteiger partial charge in [-0.2, -0.15) is 0 Å². The second-order valence-corrected chi connectivity index (χ2v) is 4.19. The summed E-state index contributed by atoms with van der Waals surface area (Å²) in [4.78, 5) is 0. The minimum Gasteiger partial charge on any atom is -0.496 e. The topological polar surface area (TPSA) is 9.23 Å². The van der Waals surface area contributed by atoms with Gasteiger partial charge in [-0.25, -0.2) is 0 Å². The maximum absolute atomic E-state index is 5.57. The van der Waals surface area contributed by atoms with Crippen LogP contribution in [-0.2, 0) is 12.8 Å². The molecular weight excluding hydrogens is 184 g/mol. The van der Waals surface area contributed by atoms with Crippen molar-refractivity contribution in [3.63, 3.8) is 0 Å². The van der Waals surface area contributed by atoms with E-state index in [2.05, 4.69) is 39.8 Å². The molecule has 1 aromatic carbocycles. The van der Waals surface area contributed by atoms with Gasteiger partial charge in [-0.1, -0.05) is 39.8 Å². The third kappa shape index (κ3) is 2.34. The van der Waals surface area contributed by atoms with Crippen LogP contribution in [-0.4, -0.2) is 7.11 Å². The Balaban J connectivity index is 3.34. The minimum atomic E-state index is 0.524. The molecule has 0 aromatic heterocycles. The normalized spacial score (nSPS) is 10.8. The second-order valence-electron chi connectivity index (χ2n) is 4.19. The lowest BCUT2D eigenvalue weighted by atomic mass is 9.93. The summed E-state index contributed by atoms with van der Waals surface area (Å²) in [6.45, 7) is 8.82. The first-order valence-corrected chi connectivity index (χ1v) is 5.84. The van der Waals surface area contributed by atoms with Gasteiger partial charge < -0.3 is 4.74 Å². The highest BCUT2D eigenvalue weighted by molar-refractivity contribution is 5.48. The highest BCUT2D eigenvalue weighted by atomic mass is 16.5. The third-order valence-electron chi connectivity index (χ3n) is 2.95. The zero-order valence-electron chi connectivity index (χ0n) is 10.6. The smallest absolute Gasteiger partial charge is 0.125 e. The summed E-state index contributed by atoms with van der Waals surface area (Å²) in [5, 5.41) is 0. The summed E-state index contributed by atoms with van der Waals surface area (Å²) >= 11 is 0. The number of hydrogen-bond donors (Lipinski definition) is 0. The van der Waals surface area contributed by atoms with E-state index < -0.39 is 0 Å². The first-order valence-electron chi connectivity index (χ1n) is 5.84. The number of benzene rings is 1. The summed E-state index contributed by atoms with van der Waals surface area (Å²) in [5.74, 6) is 1.63. The van der Waals surface area contributed by atoms with E-state index >= 15 is 0 Å². The lowest BCUT2D eigenvalue weighted by molar-refractivity contribution is 0.402. The molecule has 0 saturated carbocycles. The Labute approximate surface area is 93.5 Å². The van der Waals surface area contributed by atoms with Gasteiger partial charge in [0.05, 0.1) is 7.11 Å². The maximum Gasteiger partial charge on any atom is 0.125 e. The molecule has 0 radical (unpaired) electrons. The zero-order valence-corrected chi connectivity index (χ0v) is 10.6. The van der Waals surface area contributed by atoms with Crippen molar-refractivity contribution < 1.29 is 4.74 Å². The quantitative estimate of drug-likeness (QED) is 0.725. The minimum absolute atomic E-state index is 0.524. The van der Waals surface area contributed by atoms with Crippen LogP contribution in [0.2, 0.25) is 0 Å². The Morgan fingerprint density at radius 1 is 1.13 bits per heavy atom. The van der Waals surface area contributed by atoms with Crippen molar-refractivity contribution in [2.75, 3.05) is 7.11 Å². The first kappa shape index (κ1) is 12.1. The molecule has 0 unspecified atom stereocenters. The monoisotopic (exact) mass is 206 g/mol. The highest BCUT2D eigenvalue weighted by Gasteiger charge is 2.13. The van der Waals surface area contributed by atoms with Gasteiger partial charge in [-0.05, 0) is 35.4 Å². The van der Waals surface area contributed by atoms with Crippen LogP contribution < -0.4 is 4.74 Å². The fraction of sp³-hybridized carbons (Fsp3) is 0.571. The molecule has 0 aliphatic heterocycles. The van der Waals surface area contributed by atoms with E-state index in [4.69, 9.17) is 4.74 Å². The largest absolute Gasteiger partial charge is 0.496 e. The van der Waals surface area contributed by atoms with E-state index in [1.54, 1.807) is 7.11 Å². The predicted molar refractivity (Wildman–Crippen MR) is 65.8 cm³/mol. The molecular formula is C14H22O. The van der Waals surface area contributed by atoms with Gasteiger partial charge in [0.25, 0.3) is 0 Å². The van der Waals surface area contributed by atoms with E-state index in [0.29, 0.717) is 5.92 Å². The van der Waals surface area contributed by atoms with E-state index in [0.717, 1.165) is 18.6 Å². The van der Waals surface area contributed by atoms with E-state index in [-0.39, 0.29) is 0 Å². The molecule has 1 rings (SSSR count). The third-order valence-corrected chi connectivity index (χ3v) is 2.95. The van der Waals surface area contributed by atoms with Crippen molar-refractivity contribution in [3.8, 4) is 5.75 Å². The molecule has 0 atom stereocenters. The number of rotatable bonds is 4. The van der Waals surface area contributed by atoms with Gasteiger partial charge in [0, 0.05) is 0 Å². The van der Waals surface area contributed by atoms with Gasteiger partial charge >= 0.3 is 0 Å². The van der Waals surface area contributed by atoms with Crippen LogP contribution >= 0.6 is 0 Å². The van der Waals surface area contributed by atoms with E-state index in [1.165, 1.54) is 16.7 Å². The fourth-order valence-corrected chi connectivity index (χ4v) is 2.10. The van der Waals surface area contributed by atoms with Crippen molar-refractivity contribution in [1.29, 1.82) is 0 Å². The van der Waals surface area contributed by atoms with Crippen LogP contribution in [0.4, 0.5) is 0 Å². The van der Waals surface area contributed by atoms with Gasteiger partial charge in [-0.3, -0.25) is 0 Å². The Kier molecular flexibility index (Phi) is 4.19. The SMILES string of the molecule is CCc1ccc(C(C)C)c(OC)c1CC. The van der Waals surface area contributed by atoms with Gasteiger partial charge in [0.15, 0.2) is 0 Å². The standard InChI is InChI=1S/C14H22O/c1-6-11-8-9-13(10(3)4)14(15-5)12(11)7-2/h8-10H,6-7H2,1-5H3. The summed E-state index contributed by atoms with van der Waals surface area (Å²) in [6, 6.07) is 4.46. The van der Waals surface area contributed by atoms with Crippen LogP contribution in [0.15, 0.2) is 12.1 Å². The lowest BCUT2D eigenvalue weighted by Crippen LogP contribution is -2.02. The highest BCUT2D eigenvalue weighted by Crippen LogP contribution is 2.32. The van der Waals surface area contributed by atoms with Gasteiger partial charge in [0.1, 0.15) is 5.75 Å². The molecule has 0 fully saturated rings. The Hall–Kier alpha value is -0.980. The molecule has 84 valence electrons. The van der Waals surface area contributed by atoms with Crippen LogP contribution in [0.1, 0.15) is 50.3 Å². The molecule has 0 heterocycles. The average Bonchev–Trinajstić information content (AvgIpc) is 2.26. The van der Waals surface area contributed by atoms with Crippen LogP contribution in [0.5, 0.6) is 5.75 Å². The molecule has 0 spiro atoms. The molecule has 0 aliphatic carbocycles. The van der Waals surface area contributed by atoms with E-state index in [9.17, 15) is 0 Å². The van der Waals surface area contributed by atoms with Crippen molar-refractivity contribution in [2.45, 2.75) is 46.5 Å². The summed E-state index contributed by atoms with van der Waals surface area (Å²) in [7, 11) is 1.78. The lowest BCUT2D eigenvalue weighted by Gasteiger charge is -2.18. The van der Waals surface area contributed by atoms with Crippen LogP contribution in [0, 0.1) is 0 Å². The molecule has 1 heteroatoms. The predicted octanol–water partition coefficient (Wildman–Crippen LogP) is 3.94. The summed E-state index contributed by atoms with van der Waals surface area (Å²) in [5.41, 5.74) is 4.12. The molecule has 0 bridgehead atoms. The maximum atomic E-state index is 5.57. The number of aryl methyl sites for hydroxylation is 1. The Morgan fingerprint density at radius 2 is 1.80 bits per heavy atom. The second kappa shape index (κ2) is 5.20. The van der Waals surface area contributed by atoms with Crippen molar-refractivity contribution in [3.05, 3.63) is 28.8 Å². The summed E-state index contributed by atoms with van der Waals surface area (Å²) < 4.78 is 5.57. The first-order chi connectivity index (χ1) is 7.15. The molecule has 0 saturated heterocycles. The van der Waals surface area contributed by atoms with Crippen molar-refractivity contribution >= 4 is 0 Å². The Bertz CT molecular complexity index is 326. The average molecular weight is 206 g/mol. The molecule has 0 N–H and O–H groups in total. The molecule has 15 heavy (non-hydrogen) atoms. The zero-order chi connectivity index (χ0) is 11.4. The van der Waals surface area contributed by atoms with E-state index in [1.807, 2.05) is 0 Å². The van der Waals surface area contributed by atoms with Gasteiger partial charge in [-0.15, -0.1) is 0 Å². The summed E-state index contributed by atoms with van der Waals surface area (Å²) in [6.07, 6.45) is 2.13. The fourth-order valence-electron chi connectivity index (χ4n) is 2.10. The molecule has 1 aromatic rings. The molecule has 1 nitrogen and oxygen atoms in total.